The lowest BCUT2D eigenvalue weighted by Gasteiger charge is -2.26. The zero-order valence-corrected chi connectivity index (χ0v) is 11.4. The van der Waals surface area contributed by atoms with Crippen LogP contribution in [-0.4, -0.2) is 12.2 Å². The van der Waals surface area contributed by atoms with Gasteiger partial charge in [0, 0.05) is 18.1 Å². The number of hydrogen-bond acceptors (Lipinski definition) is 2. The first-order valence-corrected chi connectivity index (χ1v) is 6.24. The van der Waals surface area contributed by atoms with Crippen LogP contribution >= 0.6 is 0 Å². The van der Waals surface area contributed by atoms with Crippen LogP contribution in [0.5, 0.6) is 5.75 Å². The summed E-state index contributed by atoms with van der Waals surface area (Å²) in [4.78, 5) is 0. The number of halogens is 2. The van der Waals surface area contributed by atoms with Crippen molar-refractivity contribution < 1.29 is 18.6 Å². The summed E-state index contributed by atoms with van der Waals surface area (Å²) in [6.45, 7) is 1.58. The van der Waals surface area contributed by atoms with Gasteiger partial charge >= 0.3 is 0 Å². The highest BCUT2D eigenvalue weighted by Gasteiger charge is 2.28. The minimum absolute atomic E-state index is 0.0273. The van der Waals surface area contributed by atoms with Gasteiger partial charge in [-0.15, -0.1) is 0 Å². The Morgan fingerprint density at radius 2 is 1.85 bits per heavy atom. The summed E-state index contributed by atoms with van der Waals surface area (Å²) in [5.74, 6) is -0.775. The van der Waals surface area contributed by atoms with Gasteiger partial charge in [-0.05, 0) is 24.6 Å². The van der Waals surface area contributed by atoms with Crippen molar-refractivity contribution in [3.8, 4) is 5.75 Å². The summed E-state index contributed by atoms with van der Waals surface area (Å²) >= 11 is 0. The maximum Gasteiger partial charge on any atom is 0.129 e. The molecule has 0 aliphatic carbocycles. The number of aliphatic hydroxyl groups is 1. The van der Waals surface area contributed by atoms with E-state index in [1.165, 1.54) is 19.2 Å². The molecule has 4 heteroatoms. The summed E-state index contributed by atoms with van der Waals surface area (Å²) in [7, 11) is 1.51. The van der Waals surface area contributed by atoms with Crippen molar-refractivity contribution in [3.63, 3.8) is 0 Å². The lowest BCUT2D eigenvalue weighted by atomic mass is 9.88. The van der Waals surface area contributed by atoms with Crippen molar-refractivity contribution in [2.45, 2.75) is 18.9 Å². The van der Waals surface area contributed by atoms with Crippen molar-refractivity contribution in [1.29, 1.82) is 0 Å². The summed E-state index contributed by atoms with van der Waals surface area (Å²) in [6, 6.07) is 10.3. The van der Waals surface area contributed by atoms with Crippen LogP contribution < -0.4 is 4.74 Å². The van der Waals surface area contributed by atoms with Gasteiger partial charge in [0.2, 0.25) is 0 Å². The first-order valence-electron chi connectivity index (χ1n) is 6.24. The summed E-state index contributed by atoms with van der Waals surface area (Å²) in [6.07, 6.45) is 0.0273. The molecule has 1 atom stereocenters. The number of methoxy groups -OCH3 is 1. The topological polar surface area (TPSA) is 29.5 Å². The van der Waals surface area contributed by atoms with Gasteiger partial charge < -0.3 is 9.84 Å². The van der Waals surface area contributed by atoms with E-state index in [2.05, 4.69) is 0 Å². The van der Waals surface area contributed by atoms with E-state index in [4.69, 9.17) is 4.74 Å². The van der Waals surface area contributed by atoms with Crippen molar-refractivity contribution >= 4 is 0 Å². The molecule has 0 fully saturated rings. The molecule has 0 spiro atoms. The first kappa shape index (κ1) is 14.5. The summed E-state index contributed by atoms with van der Waals surface area (Å²) < 4.78 is 31.8. The third kappa shape index (κ3) is 2.96. The quantitative estimate of drug-likeness (QED) is 0.928. The van der Waals surface area contributed by atoms with Crippen LogP contribution in [-0.2, 0) is 12.0 Å². The van der Waals surface area contributed by atoms with Crippen molar-refractivity contribution in [2.75, 3.05) is 7.11 Å². The molecule has 0 aromatic heterocycles. The van der Waals surface area contributed by atoms with Crippen LogP contribution in [0.4, 0.5) is 8.78 Å². The third-order valence-electron chi connectivity index (χ3n) is 3.24. The predicted octanol–water partition coefficient (Wildman–Crippen LogP) is 3.42. The molecule has 1 N–H and O–H groups in total. The molecule has 2 nitrogen and oxygen atoms in total. The molecule has 20 heavy (non-hydrogen) atoms. The highest BCUT2D eigenvalue weighted by atomic mass is 19.1. The van der Waals surface area contributed by atoms with Crippen LogP contribution in [0.1, 0.15) is 18.1 Å². The number of ether oxygens (including phenoxy) is 1. The fourth-order valence-electron chi connectivity index (χ4n) is 2.22. The Morgan fingerprint density at radius 3 is 2.50 bits per heavy atom. The normalized spacial score (nSPS) is 13.8. The zero-order chi connectivity index (χ0) is 14.8. The second kappa shape index (κ2) is 5.59. The lowest BCUT2D eigenvalue weighted by molar-refractivity contribution is 0.0540. The smallest absolute Gasteiger partial charge is 0.129 e. The van der Waals surface area contributed by atoms with E-state index in [9.17, 15) is 13.9 Å². The number of para-hydroxylation sites is 1. The van der Waals surface area contributed by atoms with Gasteiger partial charge in [0.05, 0.1) is 12.7 Å². The standard InChI is InChI=1S/C16H16F2O2/c1-16(19,13-5-3-4-6-15(13)20-2)10-11-7-8-12(17)9-14(11)18/h3-9,19H,10H2,1-2H3. The van der Waals surface area contributed by atoms with Crippen molar-refractivity contribution in [1.82, 2.24) is 0 Å². The van der Waals surface area contributed by atoms with Crippen LogP contribution in [0.15, 0.2) is 42.5 Å². The van der Waals surface area contributed by atoms with E-state index in [0.717, 1.165) is 6.07 Å². The molecule has 2 aromatic carbocycles. The maximum absolute atomic E-state index is 13.7. The molecule has 0 amide bonds. The Morgan fingerprint density at radius 1 is 1.15 bits per heavy atom. The SMILES string of the molecule is COc1ccccc1C(C)(O)Cc1ccc(F)cc1F. The molecule has 2 aromatic rings. The number of rotatable bonds is 4. The van der Waals surface area contributed by atoms with Gasteiger partial charge in [-0.1, -0.05) is 24.3 Å². The van der Waals surface area contributed by atoms with E-state index in [1.807, 2.05) is 0 Å². The second-order valence-electron chi connectivity index (χ2n) is 4.89. The van der Waals surface area contributed by atoms with E-state index >= 15 is 0 Å². The van der Waals surface area contributed by atoms with E-state index in [1.54, 1.807) is 31.2 Å². The summed E-state index contributed by atoms with van der Waals surface area (Å²) in [5.41, 5.74) is -0.501. The average Bonchev–Trinajstić information content (AvgIpc) is 2.42. The fourth-order valence-corrected chi connectivity index (χ4v) is 2.22. The third-order valence-corrected chi connectivity index (χ3v) is 3.24. The average molecular weight is 278 g/mol. The predicted molar refractivity (Wildman–Crippen MR) is 72.6 cm³/mol. The van der Waals surface area contributed by atoms with Crippen LogP contribution in [0, 0.1) is 11.6 Å². The Bertz CT molecular complexity index is 609. The van der Waals surface area contributed by atoms with Crippen molar-refractivity contribution in [3.05, 3.63) is 65.2 Å². The van der Waals surface area contributed by atoms with Gasteiger partial charge in [-0.3, -0.25) is 0 Å². The largest absolute Gasteiger partial charge is 0.496 e. The number of hydrogen-bond donors (Lipinski definition) is 1. The molecule has 106 valence electrons. The molecule has 0 radical (unpaired) electrons. The molecular weight excluding hydrogens is 262 g/mol. The molecule has 0 aliphatic rings. The molecular formula is C16H16F2O2. The zero-order valence-electron chi connectivity index (χ0n) is 11.4. The molecule has 0 aliphatic heterocycles. The highest BCUT2D eigenvalue weighted by molar-refractivity contribution is 5.39. The van der Waals surface area contributed by atoms with Crippen LogP contribution in [0.3, 0.4) is 0 Å². The minimum Gasteiger partial charge on any atom is -0.496 e. The van der Waals surface area contributed by atoms with Crippen LogP contribution in [0.25, 0.3) is 0 Å². The van der Waals surface area contributed by atoms with E-state index < -0.39 is 17.2 Å². The molecule has 0 saturated heterocycles. The lowest BCUT2D eigenvalue weighted by Crippen LogP contribution is -2.25. The van der Waals surface area contributed by atoms with Crippen molar-refractivity contribution in [2.24, 2.45) is 0 Å². The molecule has 0 bridgehead atoms. The first-order chi connectivity index (χ1) is 9.44. The van der Waals surface area contributed by atoms with E-state index in [0.29, 0.717) is 11.3 Å². The fraction of sp³-hybridized carbons (Fsp3) is 0.250. The molecule has 0 heterocycles. The maximum atomic E-state index is 13.7. The van der Waals surface area contributed by atoms with Gasteiger partial charge in [0.15, 0.2) is 0 Å². The molecule has 2 rings (SSSR count). The van der Waals surface area contributed by atoms with E-state index in [-0.39, 0.29) is 12.0 Å². The van der Waals surface area contributed by atoms with Gasteiger partial charge in [-0.2, -0.15) is 0 Å². The Kier molecular flexibility index (Phi) is 4.04. The van der Waals surface area contributed by atoms with Gasteiger partial charge in [0.1, 0.15) is 17.4 Å². The Labute approximate surface area is 116 Å². The second-order valence-corrected chi connectivity index (χ2v) is 4.89. The van der Waals surface area contributed by atoms with Crippen LogP contribution in [0.2, 0.25) is 0 Å². The molecule has 1 unspecified atom stereocenters. The molecule has 0 saturated carbocycles. The Hall–Kier alpha value is -1.94. The monoisotopic (exact) mass is 278 g/mol. The Balaban J connectivity index is 2.35. The van der Waals surface area contributed by atoms with Gasteiger partial charge in [-0.25, -0.2) is 8.78 Å². The minimum atomic E-state index is -1.31. The number of benzene rings is 2. The van der Waals surface area contributed by atoms with Gasteiger partial charge in [0.25, 0.3) is 0 Å². The summed E-state index contributed by atoms with van der Waals surface area (Å²) in [5, 5.41) is 10.6. The highest BCUT2D eigenvalue weighted by Crippen LogP contribution is 2.33.